The van der Waals surface area contributed by atoms with Gasteiger partial charge in [0.25, 0.3) is 17.7 Å². The SMILES string of the molecule is CO/C(C)=C1/NC(=O)[C@H]([C@@H](C)O)NC(=O)c2csc(n2)-c2cc(O)c(-c3nc(CNC(=O)CN4CCN(C)CC4)cs3)nc2-c2csc(n2)[C@@H]2COC(=O)c3c4c5c(cccc5n3O)COC(=O)[C@@H](O[C@H]3C[C@](C)(O)[C@H](N(C)C)[C@H](C)O3)[C@@H](OC4)[C@H](NC(=O)c3csc1n3)c1nc(cs1)C(=O)N2. The lowest BCUT2D eigenvalue weighted by Crippen LogP contribution is -2.62. The Bertz CT molecular complexity index is 4610. The number of nitrogens with zero attached hydrogens (tertiary/aromatic N) is 10. The number of thiazole rings is 5. The molecular weight excluding hydrogens is 1420 g/mol. The Morgan fingerprint density at radius 2 is 1.51 bits per heavy atom. The molecule has 5 aliphatic heterocycles. The molecule has 0 radical (unpaired) electrons. The van der Waals surface area contributed by atoms with Crippen LogP contribution in [0.25, 0.3) is 49.3 Å². The summed E-state index contributed by atoms with van der Waals surface area (Å²) in [5.41, 5.74) is -1.47. The van der Waals surface area contributed by atoms with Gasteiger partial charge in [-0.3, -0.25) is 28.9 Å². The summed E-state index contributed by atoms with van der Waals surface area (Å²) in [6.45, 7) is 7.83. The van der Waals surface area contributed by atoms with E-state index in [4.69, 9.17) is 48.4 Å². The molecule has 10 atom stereocenters. The summed E-state index contributed by atoms with van der Waals surface area (Å²) in [5.74, 6) is -6.26. The number of aromatic nitrogens is 7. The topological polar surface area (TPSA) is 408 Å². The fourth-order valence-electron chi connectivity index (χ4n) is 12.9. The minimum Gasteiger partial charge on any atom is -0.506 e. The fraction of sp³-hybridized carbons (Fsp3) is 0.431. The Morgan fingerprint density at radius 3 is 2.25 bits per heavy atom. The maximum absolute atomic E-state index is 15.2. The third-order valence-corrected chi connectivity index (χ3v) is 22.5. The zero-order chi connectivity index (χ0) is 72.2. The zero-order valence-corrected chi connectivity index (χ0v) is 60.2. The first-order chi connectivity index (χ1) is 48.8. The number of carbonyl (C=O) groups is 7. The van der Waals surface area contributed by atoms with Crippen molar-refractivity contribution in [3.8, 4) is 38.4 Å². The average Bonchev–Trinajstić information content (AvgIpc) is 1.57. The van der Waals surface area contributed by atoms with Crippen LogP contribution < -0.4 is 26.6 Å². The van der Waals surface area contributed by atoms with Crippen molar-refractivity contribution in [1.29, 1.82) is 0 Å². The van der Waals surface area contributed by atoms with Crippen molar-refractivity contribution in [2.75, 3.05) is 67.6 Å². The van der Waals surface area contributed by atoms with Gasteiger partial charge in [-0.25, -0.2) is 39.5 Å². The first kappa shape index (κ1) is 71.6. The van der Waals surface area contributed by atoms with E-state index in [1.165, 1.54) is 49.2 Å². The van der Waals surface area contributed by atoms with Crippen LogP contribution in [0.15, 0.2) is 56.9 Å². The molecule has 9 N–H and O–H groups in total. The number of piperazine rings is 1. The largest absolute Gasteiger partial charge is 0.506 e. The molecule has 0 saturated carbocycles. The maximum atomic E-state index is 15.2. The highest BCUT2D eigenvalue weighted by molar-refractivity contribution is 7.14. The van der Waals surface area contributed by atoms with Gasteiger partial charge in [-0.05, 0) is 66.5 Å². The number of benzene rings is 1. The van der Waals surface area contributed by atoms with Crippen LogP contribution in [0.3, 0.4) is 0 Å². The third-order valence-electron chi connectivity index (χ3n) is 18.0. The van der Waals surface area contributed by atoms with Crippen LogP contribution in [-0.4, -0.2) is 227 Å². The van der Waals surface area contributed by atoms with Crippen molar-refractivity contribution in [2.24, 2.45) is 0 Å². The number of aliphatic hydroxyl groups is 2. The zero-order valence-electron chi connectivity index (χ0n) is 56.1. The number of cyclic esters (lactones) is 2. The van der Waals surface area contributed by atoms with E-state index in [9.17, 15) is 34.9 Å². The molecule has 2 fully saturated rings. The first-order valence-electron chi connectivity index (χ1n) is 32.2. The van der Waals surface area contributed by atoms with Crippen molar-refractivity contribution in [1.82, 2.24) is 75.9 Å². The maximum Gasteiger partial charge on any atom is 0.358 e. The Balaban J connectivity index is 0.951. The van der Waals surface area contributed by atoms with Crippen molar-refractivity contribution in [2.45, 2.75) is 114 Å². The van der Waals surface area contributed by atoms with Gasteiger partial charge in [0, 0.05) is 76.0 Å². The minimum atomic E-state index is -1.90. The third kappa shape index (κ3) is 14.6. The van der Waals surface area contributed by atoms with Gasteiger partial charge >= 0.3 is 11.9 Å². The molecule has 13 rings (SSSR count). The van der Waals surface area contributed by atoms with Gasteiger partial charge < -0.3 is 85.3 Å². The second-order valence-corrected chi connectivity index (χ2v) is 29.8. The number of aromatic hydroxyl groups is 1. The minimum absolute atomic E-state index is 0.00225. The number of allylic oxidation sites excluding steroid dienone is 1. The van der Waals surface area contributed by atoms with E-state index in [0.717, 1.165) is 82.9 Å². The number of likely N-dealkylation sites (N-methyl/N-ethyl adjacent to an activating group) is 2. The number of esters is 2. The molecule has 37 heteroatoms. The van der Waals surface area contributed by atoms with E-state index in [1.54, 1.807) is 55.7 Å². The molecule has 8 aromatic rings. The smallest absolute Gasteiger partial charge is 0.358 e. The molecule has 5 amide bonds. The van der Waals surface area contributed by atoms with Gasteiger partial charge in [0.2, 0.25) is 11.8 Å². The number of carbonyl (C=O) groups excluding carboxylic acids is 7. The van der Waals surface area contributed by atoms with Crippen LogP contribution in [0.1, 0.15) is 120 Å². The van der Waals surface area contributed by atoms with Gasteiger partial charge in [0.15, 0.2) is 18.1 Å². The number of methoxy groups -OCH3 is 1. The molecule has 12 bridgehead atoms. The molecule has 7 aromatic heterocycles. The Labute approximate surface area is 601 Å². The number of hydrogen-bond acceptors (Lipinski definition) is 31. The van der Waals surface area contributed by atoms with Crippen molar-refractivity contribution >= 4 is 115 Å². The normalized spacial score (nSPS) is 24.9. The van der Waals surface area contributed by atoms with Crippen LogP contribution in [0.2, 0.25) is 0 Å². The fourth-order valence-corrected chi connectivity index (χ4v) is 17.1. The van der Waals surface area contributed by atoms with Crippen molar-refractivity contribution in [3.63, 3.8) is 0 Å². The lowest BCUT2D eigenvalue weighted by molar-refractivity contribution is -0.280. The predicted octanol–water partition coefficient (Wildman–Crippen LogP) is 4.03. The summed E-state index contributed by atoms with van der Waals surface area (Å²) in [7, 11) is 6.91. The number of aliphatic hydroxyl groups excluding tert-OH is 1. The van der Waals surface area contributed by atoms with E-state index in [2.05, 4.69) is 46.4 Å². The first-order valence-corrected chi connectivity index (χ1v) is 36.6. The molecule has 5 aliphatic rings. The number of pyridine rings is 1. The second-order valence-electron chi connectivity index (χ2n) is 25.5. The van der Waals surface area contributed by atoms with Crippen molar-refractivity contribution in [3.05, 3.63) is 112 Å². The van der Waals surface area contributed by atoms with E-state index < -0.39 is 122 Å². The molecule has 32 nitrogen and oxygen atoms in total. The number of amides is 5. The number of rotatable bonds is 10. The summed E-state index contributed by atoms with van der Waals surface area (Å²) in [4.78, 5) is 137. The number of ether oxygens (including phenoxy) is 6. The molecule has 2 saturated heterocycles. The molecule has 538 valence electrons. The van der Waals surface area contributed by atoms with E-state index in [-0.39, 0.29) is 124 Å². The molecular formula is C65H71N15O17S5. The summed E-state index contributed by atoms with van der Waals surface area (Å²) < 4.78 is 38.4. The van der Waals surface area contributed by atoms with Crippen LogP contribution in [0.5, 0.6) is 5.75 Å². The molecule has 0 unspecified atom stereocenters. The molecule has 0 aliphatic carbocycles. The van der Waals surface area contributed by atoms with Gasteiger partial charge in [-0.2, -0.15) is 4.73 Å². The summed E-state index contributed by atoms with van der Waals surface area (Å²) >= 11 is 4.90. The Hall–Kier alpha value is -8.83. The monoisotopic (exact) mass is 1490 g/mol. The molecule has 102 heavy (non-hydrogen) atoms. The van der Waals surface area contributed by atoms with Crippen molar-refractivity contribution < 1.29 is 82.5 Å². The van der Waals surface area contributed by atoms with E-state index in [0.29, 0.717) is 16.0 Å². The van der Waals surface area contributed by atoms with Crippen LogP contribution in [0, 0.1) is 0 Å². The van der Waals surface area contributed by atoms with Crippen LogP contribution >= 0.6 is 56.7 Å². The Morgan fingerprint density at radius 1 is 0.833 bits per heavy atom. The van der Waals surface area contributed by atoms with Crippen LogP contribution in [0.4, 0.5) is 0 Å². The molecule has 0 spiro atoms. The standard InChI is InChI=1S/C65H71N15O17S5/c1-28(81)45-57(87)75-46(29(2)92-8)60-71-39(27-101-60)56(86)76-49-51-52(97-43-17-65(4,90)53(77(5)6)30(3)96-43)64(89)94-20-31-10-9-11-40-44(31)34(21-93-51)50(80(40)91)63(88)95-22-35(68-54(84)37-26-102-62(49)72-37)59-69-36(24-100-59)47-33(58-70-38(25-99-58)55(85)74-45)16-41(82)48(73-47)61-67-32(23-98-61)18-66-42(83)19-79-14-12-78(7)13-15-79/h9-11,16,23-28,30,35,43,45,49,51-53,81-82,90-91H,12-15,17-22H2,1-8H3,(H,66,83)(H,68,84)(H,74,85)(H,75,87)(H,76,86)/b46-29+/t28-,30+,35+,43+,45+,49+,51+,52+,53-,65+/m1/s1. The predicted molar refractivity (Wildman–Crippen MR) is 370 cm³/mol. The quantitative estimate of drug-likeness (QED) is 0.0530. The summed E-state index contributed by atoms with van der Waals surface area (Å²) in [6.07, 6.45) is -7.45. The Kier molecular flexibility index (Phi) is 20.7. The van der Waals surface area contributed by atoms with Crippen LogP contribution in [-0.2, 0) is 62.6 Å². The number of hydrogen-bond donors (Lipinski definition) is 9. The van der Waals surface area contributed by atoms with Gasteiger partial charge in [0.05, 0.1) is 61.9 Å². The lowest BCUT2D eigenvalue weighted by Gasteiger charge is -2.48. The summed E-state index contributed by atoms with van der Waals surface area (Å²) in [6, 6.07) is 0.924. The second kappa shape index (κ2) is 29.5. The van der Waals surface area contributed by atoms with E-state index in [1.807, 2.05) is 7.05 Å². The average molecular weight is 1490 g/mol. The highest BCUT2D eigenvalue weighted by atomic mass is 32.1. The van der Waals surface area contributed by atoms with Gasteiger partial charge in [0.1, 0.15) is 114 Å². The van der Waals surface area contributed by atoms with Gasteiger partial charge in [-0.15, -0.1) is 56.7 Å². The number of fused-ring (bicyclic) bond motifs is 15. The van der Waals surface area contributed by atoms with E-state index >= 15 is 19.2 Å². The summed E-state index contributed by atoms with van der Waals surface area (Å²) in [5, 5.41) is 69.5. The highest BCUT2D eigenvalue weighted by Gasteiger charge is 2.50. The number of nitrogens with one attached hydrogen (secondary N) is 5. The highest BCUT2D eigenvalue weighted by Crippen LogP contribution is 2.43. The lowest BCUT2D eigenvalue weighted by atomic mass is 9.85. The molecule has 12 heterocycles. The molecule has 1 aromatic carbocycles. The van der Waals surface area contributed by atoms with Gasteiger partial charge in [-0.1, -0.05) is 12.1 Å².